The van der Waals surface area contributed by atoms with Gasteiger partial charge >= 0.3 is 0 Å². The number of halogens is 1. The van der Waals surface area contributed by atoms with E-state index in [1.54, 1.807) is 0 Å². The molecular weight excluding hydrogens is 361 g/mol. The number of aryl methyl sites for hydroxylation is 1. The van der Waals surface area contributed by atoms with E-state index in [1.165, 1.54) is 17.5 Å². The molecule has 20 heavy (non-hydrogen) atoms. The van der Waals surface area contributed by atoms with Crippen LogP contribution in [0, 0.1) is 12.8 Å². The highest BCUT2D eigenvalue weighted by Gasteiger charge is 2.33. The molecule has 2 rings (SSSR count). The molecule has 3 atom stereocenters. The molecule has 1 aliphatic carbocycles. The van der Waals surface area contributed by atoms with Gasteiger partial charge in [-0.25, -0.2) is 0 Å². The zero-order valence-electron chi connectivity index (χ0n) is 12.8. The van der Waals surface area contributed by atoms with Gasteiger partial charge in [-0.05, 0) is 30.7 Å². The first-order chi connectivity index (χ1) is 9.10. The quantitative estimate of drug-likeness (QED) is 0.473. The van der Waals surface area contributed by atoms with Crippen molar-refractivity contribution in [2.24, 2.45) is 10.9 Å². The number of aliphatic imine (C=N–C) groups is 1. The van der Waals surface area contributed by atoms with Crippen molar-refractivity contribution in [3.8, 4) is 0 Å². The predicted molar refractivity (Wildman–Crippen MR) is 97.1 cm³/mol. The van der Waals surface area contributed by atoms with E-state index in [2.05, 4.69) is 60.7 Å². The van der Waals surface area contributed by atoms with Crippen LogP contribution in [0.4, 0.5) is 0 Å². The topological polar surface area (TPSA) is 36.4 Å². The second-order valence-corrected chi connectivity index (χ2v) is 5.73. The Hall–Kier alpha value is -0.780. The monoisotopic (exact) mass is 387 g/mol. The molecule has 1 aromatic carbocycles. The average Bonchev–Trinajstić information content (AvgIpc) is 3.09. The number of hydrogen-bond acceptors (Lipinski definition) is 1. The lowest BCUT2D eigenvalue weighted by molar-refractivity contribution is 0.690. The Balaban J connectivity index is 0.00000200. The van der Waals surface area contributed by atoms with Crippen LogP contribution in [-0.2, 0) is 0 Å². The summed E-state index contributed by atoms with van der Waals surface area (Å²) in [4.78, 5) is 4.28. The fourth-order valence-corrected chi connectivity index (χ4v) is 2.24. The van der Waals surface area contributed by atoms with Gasteiger partial charge in [0.25, 0.3) is 0 Å². The van der Waals surface area contributed by atoms with Crippen LogP contribution in [-0.4, -0.2) is 25.6 Å². The summed E-state index contributed by atoms with van der Waals surface area (Å²) in [5.74, 6) is 2.19. The number of benzene rings is 1. The maximum atomic E-state index is 4.28. The summed E-state index contributed by atoms with van der Waals surface area (Å²) < 4.78 is 0. The zero-order valence-corrected chi connectivity index (χ0v) is 15.1. The molecule has 112 valence electrons. The first-order valence-corrected chi connectivity index (χ1v) is 7.14. The number of nitrogens with one attached hydrogen (secondary N) is 2. The lowest BCUT2D eigenvalue weighted by atomic mass is 9.99. The molecule has 1 fully saturated rings. The summed E-state index contributed by atoms with van der Waals surface area (Å²) >= 11 is 0. The van der Waals surface area contributed by atoms with Gasteiger partial charge in [-0.2, -0.15) is 0 Å². The minimum absolute atomic E-state index is 0. The number of guanidine groups is 1. The molecular formula is C16H26IN3. The van der Waals surface area contributed by atoms with Gasteiger partial charge in [-0.1, -0.05) is 43.7 Å². The fourth-order valence-electron chi connectivity index (χ4n) is 2.24. The molecule has 0 heterocycles. The van der Waals surface area contributed by atoms with Gasteiger partial charge in [0.05, 0.1) is 0 Å². The van der Waals surface area contributed by atoms with Crippen molar-refractivity contribution >= 4 is 29.9 Å². The Kier molecular flexibility index (Phi) is 6.79. The third-order valence-corrected chi connectivity index (χ3v) is 3.84. The highest BCUT2D eigenvalue weighted by Crippen LogP contribution is 2.28. The van der Waals surface area contributed by atoms with E-state index in [0.29, 0.717) is 12.0 Å². The predicted octanol–water partition coefficient (Wildman–Crippen LogP) is 3.29. The third kappa shape index (κ3) is 4.96. The maximum absolute atomic E-state index is 4.28. The molecule has 0 radical (unpaired) electrons. The fraction of sp³-hybridized carbons (Fsp3) is 0.562. The molecule has 0 aromatic heterocycles. The van der Waals surface area contributed by atoms with Crippen molar-refractivity contribution in [2.75, 3.05) is 13.6 Å². The van der Waals surface area contributed by atoms with Crippen LogP contribution in [0.5, 0.6) is 0 Å². The smallest absolute Gasteiger partial charge is 0.191 e. The molecule has 3 unspecified atom stereocenters. The Morgan fingerprint density at radius 1 is 1.45 bits per heavy atom. The lowest BCUT2D eigenvalue weighted by Gasteiger charge is -2.16. The van der Waals surface area contributed by atoms with E-state index >= 15 is 0 Å². The van der Waals surface area contributed by atoms with E-state index in [-0.39, 0.29) is 24.0 Å². The largest absolute Gasteiger partial charge is 0.356 e. The van der Waals surface area contributed by atoms with Gasteiger partial charge in [-0.15, -0.1) is 24.0 Å². The van der Waals surface area contributed by atoms with Crippen molar-refractivity contribution < 1.29 is 0 Å². The van der Waals surface area contributed by atoms with E-state index < -0.39 is 0 Å². The van der Waals surface area contributed by atoms with Gasteiger partial charge in [0.15, 0.2) is 5.96 Å². The normalized spacial score (nSPS) is 22.7. The summed E-state index contributed by atoms with van der Waals surface area (Å²) in [7, 11) is 1.83. The summed E-state index contributed by atoms with van der Waals surface area (Å²) in [6.07, 6.45) is 1.26. The molecule has 1 saturated carbocycles. The van der Waals surface area contributed by atoms with Gasteiger partial charge in [-0.3, -0.25) is 4.99 Å². The SMILES string of the molecule is CN=C(NCC(C)c1cccc(C)c1)NC1CC1C.I. The average molecular weight is 387 g/mol. The van der Waals surface area contributed by atoms with E-state index in [9.17, 15) is 0 Å². The Morgan fingerprint density at radius 3 is 2.70 bits per heavy atom. The number of rotatable bonds is 4. The zero-order chi connectivity index (χ0) is 13.8. The van der Waals surface area contributed by atoms with Crippen LogP contribution in [0.2, 0.25) is 0 Å². The van der Waals surface area contributed by atoms with Crippen molar-refractivity contribution in [3.63, 3.8) is 0 Å². The summed E-state index contributed by atoms with van der Waals surface area (Å²) in [6.45, 7) is 7.55. The van der Waals surface area contributed by atoms with E-state index in [0.717, 1.165) is 18.4 Å². The molecule has 1 aliphatic rings. The van der Waals surface area contributed by atoms with Crippen LogP contribution in [0.15, 0.2) is 29.3 Å². The number of nitrogens with zero attached hydrogens (tertiary/aromatic N) is 1. The van der Waals surface area contributed by atoms with Crippen molar-refractivity contribution in [1.82, 2.24) is 10.6 Å². The van der Waals surface area contributed by atoms with Gasteiger partial charge < -0.3 is 10.6 Å². The second kappa shape index (κ2) is 7.86. The van der Waals surface area contributed by atoms with E-state index in [4.69, 9.17) is 0 Å². The minimum Gasteiger partial charge on any atom is -0.356 e. The van der Waals surface area contributed by atoms with Crippen molar-refractivity contribution in [2.45, 2.75) is 39.2 Å². The molecule has 0 spiro atoms. The molecule has 0 saturated heterocycles. The molecule has 1 aromatic rings. The molecule has 4 heteroatoms. The van der Waals surface area contributed by atoms with E-state index in [1.807, 2.05) is 7.05 Å². The highest BCUT2D eigenvalue weighted by atomic mass is 127. The molecule has 0 aliphatic heterocycles. The molecule has 0 amide bonds. The second-order valence-electron chi connectivity index (χ2n) is 5.73. The Labute approximate surface area is 139 Å². The van der Waals surface area contributed by atoms with Crippen LogP contribution < -0.4 is 10.6 Å². The Morgan fingerprint density at radius 2 is 2.15 bits per heavy atom. The number of hydrogen-bond donors (Lipinski definition) is 2. The molecule has 3 nitrogen and oxygen atoms in total. The highest BCUT2D eigenvalue weighted by molar-refractivity contribution is 14.0. The minimum atomic E-state index is 0. The Bertz CT molecular complexity index is 459. The molecule has 2 N–H and O–H groups in total. The molecule has 0 bridgehead atoms. The van der Waals surface area contributed by atoms with Gasteiger partial charge in [0.1, 0.15) is 0 Å². The lowest BCUT2D eigenvalue weighted by Crippen LogP contribution is -2.40. The van der Waals surface area contributed by atoms with Gasteiger partial charge in [0, 0.05) is 19.6 Å². The van der Waals surface area contributed by atoms with Gasteiger partial charge in [0.2, 0.25) is 0 Å². The summed E-state index contributed by atoms with van der Waals surface area (Å²) in [5.41, 5.74) is 2.70. The van der Waals surface area contributed by atoms with Crippen LogP contribution in [0.3, 0.4) is 0 Å². The van der Waals surface area contributed by atoms with Crippen LogP contribution in [0.25, 0.3) is 0 Å². The first kappa shape index (κ1) is 17.3. The van der Waals surface area contributed by atoms with Crippen molar-refractivity contribution in [3.05, 3.63) is 35.4 Å². The summed E-state index contributed by atoms with van der Waals surface area (Å²) in [6, 6.07) is 9.32. The van der Waals surface area contributed by atoms with Crippen LogP contribution >= 0.6 is 24.0 Å². The van der Waals surface area contributed by atoms with Crippen molar-refractivity contribution in [1.29, 1.82) is 0 Å². The first-order valence-electron chi connectivity index (χ1n) is 7.14. The standard InChI is InChI=1S/C16H25N3.HI/c1-11-6-5-7-14(8-11)13(3)10-18-16(17-4)19-15-9-12(15)2;/h5-8,12-13,15H,9-10H2,1-4H3,(H2,17,18,19);1H. The van der Waals surface area contributed by atoms with Crippen LogP contribution in [0.1, 0.15) is 37.3 Å². The third-order valence-electron chi connectivity index (χ3n) is 3.84. The summed E-state index contributed by atoms with van der Waals surface area (Å²) in [5, 5.41) is 6.87. The maximum Gasteiger partial charge on any atom is 0.191 e.